The van der Waals surface area contributed by atoms with E-state index >= 15 is 0 Å². The lowest BCUT2D eigenvalue weighted by molar-refractivity contribution is -0.0512. The summed E-state index contributed by atoms with van der Waals surface area (Å²) < 4.78 is 36.6. The number of nitrogens with zero attached hydrogens (tertiary/aromatic N) is 3. The fourth-order valence-corrected chi connectivity index (χ4v) is 2.98. The Morgan fingerprint density at radius 3 is 2.77 bits per heavy atom. The number of methoxy groups -OCH3 is 1. The number of para-hydroxylation sites is 2. The summed E-state index contributed by atoms with van der Waals surface area (Å²) in [6.07, 6.45) is -0.520. The number of fused-ring (bicyclic) bond motifs is 3. The molecule has 2 aromatic carbocycles. The number of anilines is 1. The van der Waals surface area contributed by atoms with E-state index in [1.54, 1.807) is 12.1 Å². The van der Waals surface area contributed by atoms with Gasteiger partial charge in [0.15, 0.2) is 23.6 Å². The van der Waals surface area contributed by atoms with E-state index in [1.807, 2.05) is 28.8 Å². The van der Waals surface area contributed by atoms with Crippen LogP contribution in [0.1, 0.15) is 11.7 Å². The van der Waals surface area contributed by atoms with E-state index < -0.39 is 12.8 Å². The van der Waals surface area contributed by atoms with Crippen LogP contribution in [0.2, 0.25) is 0 Å². The first-order chi connectivity index (χ1) is 12.6. The molecule has 0 saturated carbocycles. The molecule has 3 aromatic rings. The fraction of sp³-hybridized carbons (Fsp3) is 0.176. The molecule has 0 amide bonds. The van der Waals surface area contributed by atoms with Gasteiger partial charge < -0.3 is 15.2 Å². The SMILES string of the molecule is COc1cc([C@H]2N=C(N)Nc3nc4ccccc4n32)ccc1OC(F)F. The molecule has 26 heavy (non-hydrogen) atoms. The van der Waals surface area contributed by atoms with Gasteiger partial charge in [0.2, 0.25) is 5.95 Å². The van der Waals surface area contributed by atoms with Crippen molar-refractivity contribution in [2.45, 2.75) is 12.8 Å². The minimum atomic E-state index is -2.94. The van der Waals surface area contributed by atoms with Crippen LogP contribution in [-0.4, -0.2) is 29.2 Å². The van der Waals surface area contributed by atoms with Crippen LogP contribution in [0.5, 0.6) is 11.5 Å². The van der Waals surface area contributed by atoms with Crippen LogP contribution in [0.15, 0.2) is 47.5 Å². The predicted octanol–water partition coefficient (Wildman–Crippen LogP) is 2.93. The summed E-state index contributed by atoms with van der Waals surface area (Å²) in [7, 11) is 1.38. The maximum absolute atomic E-state index is 12.5. The number of rotatable bonds is 4. The monoisotopic (exact) mass is 359 g/mol. The molecule has 7 nitrogen and oxygen atoms in total. The van der Waals surface area contributed by atoms with Gasteiger partial charge in [0.1, 0.15) is 0 Å². The van der Waals surface area contributed by atoms with E-state index in [9.17, 15) is 8.78 Å². The third-order valence-electron chi connectivity index (χ3n) is 4.04. The quantitative estimate of drug-likeness (QED) is 0.748. The molecule has 134 valence electrons. The summed E-state index contributed by atoms with van der Waals surface area (Å²) >= 11 is 0. The van der Waals surface area contributed by atoms with E-state index in [4.69, 9.17) is 10.5 Å². The highest BCUT2D eigenvalue weighted by atomic mass is 19.3. The number of ether oxygens (including phenoxy) is 2. The van der Waals surface area contributed by atoms with Gasteiger partial charge in [-0.05, 0) is 24.3 Å². The largest absolute Gasteiger partial charge is 0.493 e. The molecule has 1 atom stereocenters. The van der Waals surface area contributed by atoms with Gasteiger partial charge >= 0.3 is 6.61 Å². The Labute approximate surface area is 147 Å². The van der Waals surface area contributed by atoms with Gasteiger partial charge in [-0.3, -0.25) is 9.88 Å². The van der Waals surface area contributed by atoms with Crippen LogP contribution in [0.25, 0.3) is 11.0 Å². The van der Waals surface area contributed by atoms with Crippen molar-refractivity contribution in [3.63, 3.8) is 0 Å². The maximum atomic E-state index is 12.5. The summed E-state index contributed by atoms with van der Waals surface area (Å²) in [6.45, 7) is -2.94. The first kappa shape index (κ1) is 16.1. The number of alkyl halides is 2. The molecule has 9 heteroatoms. The minimum Gasteiger partial charge on any atom is -0.493 e. The molecule has 0 aliphatic carbocycles. The third kappa shape index (κ3) is 2.67. The maximum Gasteiger partial charge on any atom is 0.387 e. The number of hydrogen-bond donors (Lipinski definition) is 2. The first-order valence-electron chi connectivity index (χ1n) is 7.77. The van der Waals surface area contributed by atoms with Crippen LogP contribution in [0, 0.1) is 0 Å². The molecule has 0 saturated heterocycles. The number of imidazole rings is 1. The normalized spacial score (nSPS) is 16.2. The van der Waals surface area contributed by atoms with Gasteiger partial charge in [-0.25, -0.2) is 9.98 Å². The van der Waals surface area contributed by atoms with Gasteiger partial charge in [-0.2, -0.15) is 8.78 Å². The van der Waals surface area contributed by atoms with E-state index in [2.05, 4.69) is 20.0 Å². The number of aliphatic imine (C=N–C) groups is 1. The Morgan fingerprint density at radius 2 is 2.00 bits per heavy atom. The van der Waals surface area contributed by atoms with Crippen molar-refractivity contribution in [2.24, 2.45) is 10.7 Å². The summed E-state index contributed by atoms with van der Waals surface area (Å²) in [5.74, 6) is 0.897. The number of nitrogens with two attached hydrogens (primary N) is 1. The van der Waals surface area contributed by atoms with Gasteiger partial charge in [0.25, 0.3) is 0 Å². The summed E-state index contributed by atoms with van der Waals surface area (Å²) in [6, 6.07) is 12.3. The molecular weight excluding hydrogens is 344 g/mol. The summed E-state index contributed by atoms with van der Waals surface area (Å²) in [5.41, 5.74) is 8.24. The minimum absolute atomic E-state index is 0.0483. The molecule has 1 aromatic heterocycles. The average Bonchev–Trinajstić information content (AvgIpc) is 2.99. The standard InChI is InChI=1S/C17H15F2N5O2/c1-25-13-8-9(6-7-12(13)26-15(18)19)14-22-16(20)23-17-21-10-4-2-3-5-11(10)24(14)17/h2-8,14-15H,1H3,(H3,20,21,22,23)/t14-/m0/s1. The second-order valence-corrected chi connectivity index (χ2v) is 5.60. The summed E-state index contributed by atoms with van der Waals surface area (Å²) in [5, 5.41) is 2.94. The zero-order chi connectivity index (χ0) is 18.3. The number of hydrogen-bond acceptors (Lipinski definition) is 6. The smallest absolute Gasteiger partial charge is 0.387 e. The highest BCUT2D eigenvalue weighted by Gasteiger charge is 2.26. The van der Waals surface area contributed by atoms with Crippen molar-refractivity contribution in [1.29, 1.82) is 0 Å². The molecule has 1 aliphatic heterocycles. The topological polar surface area (TPSA) is 86.7 Å². The lowest BCUT2D eigenvalue weighted by Crippen LogP contribution is -2.31. The van der Waals surface area contributed by atoms with Crippen molar-refractivity contribution in [2.75, 3.05) is 12.4 Å². The fourth-order valence-electron chi connectivity index (χ4n) is 2.98. The van der Waals surface area contributed by atoms with Gasteiger partial charge in [-0.1, -0.05) is 18.2 Å². The van der Waals surface area contributed by atoms with Crippen molar-refractivity contribution in [3.05, 3.63) is 48.0 Å². The molecule has 0 bridgehead atoms. The number of guanidine groups is 1. The van der Waals surface area contributed by atoms with E-state index in [0.29, 0.717) is 11.5 Å². The molecule has 4 rings (SSSR count). The van der Waals surface area contributed by atoms with Crippen molar-refractivity contribution < 1.29 is 18.3 Å². The Morgan fingerprint density at radius 1 is 1.19 bits per heavy atom. The Balaban J connectivity index is 1.84. The number of nitrogens with one attached hydrogen (secondary N) is 1. The molecule has 0 radical (unpaired) electrons. The second kappa shape index (κ2) is 6.17. The van der Waals surface area contributed by atoms with E-state index in [0.717, 1.165) is 11.0 Å². The van der Waals surface area contributed by atoms with Crippen LogP contribution in [-0.2, 0) is 0 Å². The van der Waals surface area contributed by atoms with Crippen molar-refractivity contribution in [3.8, 4) is 11.5 Å². The first-order valence-corrected chi connectivity index (χ1v) is 7.77. The highest BCUT2D eigenvalue weighted by molar-refractivity contribution is 5.94. The number of benzene rings is 2. The van der Waals surface area contributed by atoms with Crippen LogP contribution >= 0.6 is 0 Å². The molecular formula is C17H15F2N5O2. The lowest BCUT2D eigenvalue weighted by Gasteiger charge is -2.24. The summed E-state index contributed by atoms with van der Waals surface area (Å²) in [4.78, 5) is 8.96. The Hall–Kier alpha value is -3.36. The molecule has 0 fully saturated rings. The third-order valence-corrected chi connectivity index (χ3v) is 4.04. The highest BCUT2D eigenvalue weighted by Crippen LogP contribution is 2.36. The molecule has 2 heterocycles. The average molecular weight is 359 g/mol. The molecule has 3 N–H and O–H groups in total. The van der Waals surface area contributed by atoms with E-state index in [-0.39, 0.29) is 17.5 Å². The van der Waals surface area contributed by atoms with Crippen LogP contribution in [0.3, 0.4) is 0 Å². The van der Waals surface area contributed by atoms with Gasteiger partial charge in [0.05, 0.1) is 18.1 Å². The number of halogens is 2. The van der Waals surface area contributed by atoms with Crippen LogP contribution in [0.4, 0.5) is 14.7 Å². The molecule has 0 spiro atoms. The molecule has 1 aliphatic rings. The van der Waals surface area contributed by atoms with E-state index in [1.165, 1.54) is 13.2 Å². The second-order valence-electron chi connectivity index (χ2n) is 5.60. The zero-order valence-corrected chi connectivity index (χ0v) is 13.7. The van der Waals surface area contributed by atoms with Crippen molar-refractivity contribution >= 4 is 22.9 Å². The lowest BCUT2D eigenvalue weighted by atomic mass is 10.1. The van der Waals surface area contributed by atoms with Gasteiger partial charge in [-0.15, -0.1) is 0 Å². The zero-order valence-electron chi connectivity index (χ0n) is 13.7. The van der Waals surface area contributed by atoms with Crippen LogP contribution < -0.4 is 20.5 Å². The van der Waals surface area contributed by atoms with Gasteiger partial charge in [0, 0.05) is 5.56 Å². The molecule has 0 unspecified atom stereocenters. The predicted molar refractivity (Wildman–Crippen MR) is 92.7 cm³/mol. The van der Waals surface area contributed by atoms with Crippen molar-refractivity contribution in [1.82, 2.24) is 9.55 Å². The Kier molecular flexibility index (Phi) is 3.83. The Bertz CT molecular complexity index is 1000. The number of aromatic nitrogens is 2.